The molecule has 558 valence electrons. The lowest BCUT2D eigenvalue weighted by Gasteiger charge is -2.47. The van der Waals surface area contributed by atoms with E-state index in [9.17, 15) is 48.3 Å². The van der Waals surface area contributed by atoms with E-state index in [1.165, 1.54) is 0 Å². The lowest BCUT2D eigenvalue weighted by molar-refractivity contribution is -0.292. The summed E-state index contributed by atoms with van der Waals surface area (Å²) in [6.07, 6.45) is 1.72. The summed E-state index contributed by atoms with van der Waals surface area (Å²) in [7, 11) is 1.60. The van der Waals surface area contributed by atoms with Crippen molar-refractivity contribution in [3.63, 3.8) is 0 Å². The van der Waals surface area contributed by atoms with Crippen LogP contribution in [-0.4, -0.2) is 213 Å². The lowest BCUT2D eigenvalue weighted by Crippen LogP contribution is -2.61. The van der Waals surface area contributed by atoms with Crippen molar-refractivity contribution in [3.05, 3.63) is 59.7 Å². The third kappa shape index (κ3) is 19.5. The number of hydroxylamine groups is 2. The van der Waals surface area contributed by atoms with Crippen LogP contribution in [0.4, 0.5) is 4.79 Å². The second kappa shape index (κ2) is 34.8. The van der Waals surface area contributed by atoms with E-state index < -0.39 is 96.0 Å². The first kappa shape index (κ1) is 76.2. The van der Waals surface area contributed by atoms with Crippen molar-refractivity contribution in [2.75, 3.05) is 40.1 Å². The van der Waals surface area contributed by atoms with Crippen LogP contribution in [-0.2, 0) is 113 Å². The number of imide groups is 1. The van der Waals surface area contributed by atoms with Crippen LogP contribution >= 0.6 is 0 Å². The van der Waals surface area contributed by atoms with Crippen molar-refractivity contribution >= 4 is 53.0 Å². The molecule has 12 bridgehead atoms. The molecule has 27 nitrogen and oxygen atoms in total. The Balaban J connectivity index is 0.647. The molecule has 11 fully saturated rings. The predicted octanol–water partition coefficient (Wildman–Crippen LogP) is 5.70. The molecule has 11 saturated heterocycles. The maximum atomic E-state index is 14.6. The molecule has 0 aromatic heterocycles. The van der Waals surface area contributed by atoms with E-state index >= 15 is 0 Å². The Morgan fingerprint density at radius 2 is 1.42 bits per heavy atom. The third-order valence-corrected chi connectivity index (χ3v) is 22.0. The number of amides is 5. The molecule has 11 aliphatic heterocycles. The minimum atomic E-state index is -0.991. The predicted molar refractivity (Wildman–Crippen MR) is 356 cm³/mol. The first-order chi connectivity index (χ1) is 48.5. The summed E-state index contributed by atoms with van der Waals surface area (Å²) in [6, 6.07) is 5.23. The van der Waals surface area contributed by atoms with E-state index in [2.05, 4.69) is 30.7 Å². The highest BCUT2D eigenvalue weighted by Gasteiger charge is 2.69. The van der Waals surface area contributed by atoms with Gasteiger partial charge in [-0.3, -0.25) is 33.6 Å². The fourth-order valence-electron chi connectivity index (χ4n) is 16.5. The zero-order valence-electron chi connectivity index (χ0n) is 58.8. The quantitative estimate of drug-likeness (QED) is 0.0310. The Hall–Kier alpha value is -5.95. The molecule has 0 saturated carbocycles. The van der Waals surface area contributed by atoms with Gasteiger partial charge in [0.1, 0.15) is 48.7 Å². The van der Waals surface area contributed by atoms with Gasteiger partial charge in [-0.2, -0.15) is 0 Å². The van der Waals surface area contributed by atoms with Crippen molar-refractivity contribution < 1.29 is 110 Å². The van der Waals surface area contributed by atoms with Gasteiger partial charge in [0.2, 0.25) is 5.91 Å². The van der Waals surface area contributed by atoms with E-state index in [1.54, 1.807) is 45.2 Å². The molecular formula is C74H104N4O23. The number of carbonyl (C=O) groups is 9. The molecule has 27 heteroatoms. The van der Waals surface area contributed by atoms with Crippen molar-refractivity contribution in [1.82, 2.24) is 15.7 Å². The van der Waals surface area contributed by atoms with Crippen molar-refractivity contribution in [2.45, 2.75) is 285 Å². The van der Waals surface area contributed by atoms with Gasteiger partial charge >= 0.3 is 18.0 Å². The molecule has 5 N–H and O–H groups in total. The van der Waals surface area contributed by atoms with Crippen LogP contribution in [0.2, 0.25) is 0 Å². The number of Topliss-reactive ketones (excluding diaryl/α,β-unsaturated/α-hetero) is 3. The van der Waals surface area contributed by atoms with Gasteiger partial charge < -0.3 is 83.2 Å². The van der Waals surface area contributed by atoms with Gasteiger partial charge in [0.25, 0.3) is 11.8 Å². The van der Waals surface area contributed by atoms with E-state index in [0.29, 0.717) is 54.7 Å². The Labute approximate surface area is 590 Å². The van der Waals surface area contributed by atoms with Crippen LogP contribution in [0.5, 0.6) is 0 Å². The maximum absolute atomic E-state index is 14.6. The highest BCUT2D eigenvalue weighted by Crippen LogP contribution is 2.55. The number of hydrogen-bond acceptors (Lipinski definition) is 23. The lowest BCUT2D eigenvalue weighted by atomic mass is 9.81. The Morgan fingerprint density at radius 1 is 0.723 bits per heavy atom. The SMILES string of the molecule is C=C1C[C@@H]2CC[C@@]34C[C@H]5O[C@H]6[C@@H](O3)[C@H]3OC(CC[C@@H]3O[C@H]6C5O4)CC(=O)C[C@@H]3[C@@H](OC)[C@@H](C[C@H](O)CCC(=O)OCc4ccc(CC(=O)[C@H](CCCNC(N)=O)NC(=O)[C@@H](CC(=O)CCOCCOCCC(=O)ON5C(=O)CCC5=O)C(C)C)cc4)O[C@H]3CC3O[C@@H](CCC1O2)C[C@@H](C)C3=C. The number of nitrogens with two attached hydrogens (primary N) is 1. The van der Waals surface area contributed by atoms with E-state index in [4.69, 9.17) is 67.4 Å². The van der Waals surface area contributed by atoms with E-state index in [1.807, 2.05) is 0 Å². The van der Waals surface area contributed by atoms with Crippen LogP contribution in [0.15, 0.2) is 48.6 Å². The highest BCUT2D eigenvalue weighted by molar-refractivity contribution is 6.01. The average Bonchev–Trinajstić information content (AvgIpc) is 1.55. The number of methoxy groups -OCH3 is 1. The number of nitrogens with one attached hydrogen (secondary N) is 2. The summed E-state index contributed by atoms with van der Waals surface area (Å²) < 4.78 is 77.5. The van der Waals surface area contributed by atoms with Crippen LogP contribution < -0.4 is 16.4 Å². The van der Waals surface area contributed by atoms with Crippen molar-refractivity contribution in [3.8, 4) is 0 Å². The number of nitrogens with zero attached hydrogens (tertiary/aromatic N) is 1. The van der Waals surface area contributed by atoms with E-state index in [0.717, 1.165) is 43.3 Å². The number of carbonyl (C=O) groups excluding carboxylic acids is 9. The van der Waals surface area contributed by atoms with Crippen molar-refractivity contribution in [2.24, 2.45) is 29.4 Å². The summed E-state index contributed by atoms with van der Waals surface area (Å²) in [5.74, 6) is -5.62. The molecule has 1 aromatic carbocycles. The number of hydrogen-bond donors (Lipinski definition) is 4. The summed E-state index contributed by atoms with van der Waals surface area (Å²) in [6.45, 7) is 15.1. The number of rotatable bonds is 30. The third-order valence-electron chi connectivity index (χ3n) is 22.0. The van der Waals surface area contributed by atoms with Gasteiger partial charge in [-0.15, -0.1) is 5.06 Å². The van der Waals surface area contributed by atoms with Gasteiger partial charge in [0.05, 0.1) is 106 Å². The van der Waals surface area contributed by atoms with Gasteiger partial charge in [-0.05, 0) is 98.3 Å². The topological polar surface area (TPSA) is 347 Å². The van der Waals surface area contributed by atoms with Gasteiger partial charge in [-0.25, -0.2) is 9.59 Å². The standard InChI is InChI=1S/C74H104N4O23/c1-40(2)52(34-47(80)22-26-90-28-29-91-27-23-65(86)101-78-62(83)18-19-63(78)84)72(87)77-54(8-7-25-76-73(75)88)55(82)32-44-9-11-45(12-10-44)39-92-64(85)20-13-46(79)36-60-66(89-6)53-35-48(81)33-50-15-17-57-67(95-50)71-70-69(97-57)68-61(98-70)38-74(99-68,100-71)24-21-51-31-42(4)56(93-51)16-14-49-30-41(3)43(5)58(94-49)37-59(53)96-60/h9-12,40-41,46,49-54,56-61,66-71,79H,4-5,7-8,13-39H2,1-3,6H3,(H,77,87)(H3,75,76,88)/t41-,46-,49+,50?,51+,52+,53+,54+,56?,57+,58?,59+,60-,61-,66-,67+,68?,69+,70-,71+,74+/m1/s1. The largest absolute Gasteiger partial charge is 0.461 e. The monoisotopic (exact) mass is 1420 g/mol. The highest BCUT2D eigenvalue weighted by atomic mass is 16.8. The molecule has 0 radical (unpaired) electrons. The fraction of sp³-hybridized carbons (Fsp3) is 0.743. The minimum absolute atomic E-state index is 0.00590. The maximum Gasteiger partial charge on any atom is 0.335 e. The van der Waals surface area contributed by atoms with Crippen molar-refractivity contribution in [1.29, 1.82) is 0 Å². The first-order valence-electron chi connectivity index (χ1n) is 36.7. The zero-order chi connectivity index (χ0) is 71.6. The van der Waals surface area contributed by atoms with Crippen LogP contribution in [0.25, 0.3) is 0 Å². The molecule has 1 spiro atoms. The molecule has 1 aromatic rings. The van der Waals surface area contributed by atoms with Crippen LogP contribution in [0.1, 0.15) is 173 Å². The summed E-state index contributed by atoms with van der Waals surface area (Å²) in [5.41, 5.74) is 8.60. The average molecular weight is 1420 g/mol. The first-order valence-corrected chi connectivity index (χ1v) is 36.7. The zero-order valence-corrected chi connectivity index (χ0v) is 58.8. The van der Waals surface area contributed by atoms with E-state index in [-0.39, 0.29) is 207 Å². The fourth-order valence-corrected chi connectivity index (χ4v) is 16.5. The summed E-state index contributed by atoms with van der Waals surface area (Å²) in [4.78, 5) is 120. The molecule has 11 heterocycles. The van der Waals surface area contributed by atoms with Gasteiger partial charge in [-0.1, -0.05) is 58.2 Å². The summed E-state index contributed by atoms with van der Waals surface area (Å²) >= 11 is 0. The number of aliphatic hydroxyl groups is 1. The molecule has 21 atom stereocenters. The molecule has 11 aliphatic rings. The number of ether oxygens (including phenoxy) is 12. The number of urea groups is 1. The normalized spacial score (nSPS) is 33.9. The number of primary amides is 1. The Morgan fingerprint density at radius 3 is 2.16 bits per heavy atom. The molecule has 0 aliphatic carbocycles. The number of aliphatic hydroxyl groups excluding tert-OH is 1. The minimum Gasteiger partial charge on any atom is -0.461 e. The van der Waals surface area contributed by atoms with Crippen LogP contribution in [0, 0.1) is 23.7 Å². The number of esters is 1. The number of fused-ring (bicyclic) bond motifs is 6. The molecule has 101 heavy (non-hydrogen) atoms. The molecule has 12 rings (SSSR count). The number of benzene rings is 1. The molecular weight excluding hydrogens is 1310 g/mol. The number of ketones is 3. The van der Waals surface area contributed by atoms with Gasteiger partial charge in [0, 0.05) is 103 Å². The second-order valence-electron chi connectivity index (χ2n) is 29.7. The van der Waals surface area contributed by atoms with Gasteiger partial charge in [0.15, 0.2) is 11.6 Å². The Kier molecular flexibility index (Phi) is 26.2. The molecule has 5 amide bonds. The summed E-state index contributed by atoms with van der Waals surface area (Å²) in [5, 5.41) is 17.5. The second-order valence-corrected chi connectivity index (χ2v) is 29.7. The smallest absolute Gasteiger partial charge is 0.335 e. The molecule has 4 unspecified atom stereocenters. The Bertz CT molecular complexity index is 3130. The van der Waals surface area contributed by atoms with Crippen LogP contribution in [0.3, 0.4) is 0 Å².